The Morgan fingerprint density at radius 2 is 1.95 bits per heavy atom. The van der Waals surface area contributed by atoms with Gasteiger partial charge in [-0.2, -0.15) is 32.1 Å². The molecule has 2 aromatic heterocycles. The smallest absolute Gasteiger partial charge is 0.289 e. The molecular weight excluding hydrogens is 561 g/mol. The molecule has 14 heteroatoms. The first-order chi connectivity index (χ1) is 18.7. The Morgan fingerprint density at radius 1 is 1.21 bits per heavy atom. The number of nitriles is 1. The van der Waals surface area contributed by atoms with Gasteiger partial charge in [0.2, 0.25) is 0 Å². The Kier molecular flexibility index (Phi) is 8.01. The fraction of sp³-hybridized carbons (Fsp3) is 0.360. The van der Waals surface area contributed by atoms with Gasteiger partial charge in [-0.05, 0) is 29.0 Å². The van der Waals surface area contributed by atoms with E-state index in [0.717, 1.165) is 24.4 Å². The van der Waals surface area contributed by atoms with Crippen LogP contribution in [0.4, 0.5) is 0 Å². The van der Waals surface area contributed by atoms with Gasteiger partial charge in [0.05, 0.1) is 29.1 Å². The zero-order valence-electron chi connectivity index (χ0n) is 20.8. The number of rotatable bonds is 8. The summed E-state index contributed by atoms with van der Waals surface area (Å²) in [5.74, 6) is -1.41. The van der Waals surface area contributed by atoms with Crippen molar-refractivity contribution in [2.45, 2.75) is 35.8 Å². The van der Waals surface area contributed by atoms with Crippen molar-refractivity contribution >= 4 is 45.0 Å². The Balaban J connectivity index is 1.48. The highest BCUT2D eigenvalue weighted by Crippen LogP contribution is 2.36. The van der Waals surface area contributed by atoms with Crippen LogP contribution < -0.4 is 5.73 Å². The second kappa shape index (κ2) is 11.3. The highest BCUT2D eigenvalue weighted by Gasteiger charge is 2.45. The highest BCUT2D eigenvalue weighted by molar-refractivity contribution is 7.98. The molecule has 0 saturated carbocycles. The van der Waals surface area contributed by atoms with E-state index in [1.165, 1.54) is 23.1 Å². The number of hydrogen-bond donors (Lipinski definition) is 2. The lowest BCUT2D eigenvalue weighted by Gasteiger charge is -2.22. The van der Waals surface area contributed by atoms with E-state index in [1.54, 1.807) is 17.5 Å². The molecule has 0 amide bonds. The average molecular weight is 587 g/mol. The minimum absolute atomic E-state index is 0.0296. The highest BCUT2D eigenvalue weighted by atomic mass is 32.2. The summed E-state index contributed by atoms with van der Waals surface area (Å²) < 4.78 is 29.6. The molecule has 3 N–H and O–H groups in total. The number of aliphatic hydroxyl groups is 1. The van der Waals surface area contributed by atoms with E-state index in [9.17, 15) is 28.4 Å². The number of carbonyl (C=O) groups excluding carboxylic acids is 2. The number of nitrogens with two attached hydrogens (primary N) is 1. The lowest BCUT2D eigenvalue weighted by atomic mass is 10.0. The van der Waals surface area contributed by atoms with Gasteiger partial charge < -0.3 is 10.8 Å². The molecule has 204 valence electrons. The Morgan fingerprint density at radius 3 is 2.56 bits per heavy atom. The van der Waals surface area contributed by atoms with Crippen molar-refractivity contribution in [2.24, 2.45) is 5.73 Å². The largest absolute Gasteiger partial charge is 0.392 e. The third kappa shape index (κ3) is 5.44. The molecule has 1 aromatic carbocycles. The Labute approximate surface area is 234 Å². The summed E-state index contributed by atoms with van der Waals surface area (Å²) in [5.41, 5.74) is 7.78. The lowest BCUT2D eigenvalue weighted by Crippen LogP contribution is -2.42. The molecule has 2 saturated heterocycles. The molecule has 39 heavy (non-hydrogen) atoms. The minimum atomic E-state index is -3.98. The molecular formula is C25H26N6O5S3. The number of benzene rings is 1. The molecule has 11 nitrogen and oxygen atoms in total. The number of β-amino-alcohol motifs (C(OH)–C–C–N with tert-alkyl or cyclic N) is 1. The summed E-state index contributed by atoms with van der Waals surface area (Å²) in [6.07, 6.45) is -0.419. The van der Waals surface area contributed by atoms with Crippen molar-refractivity contribution in [3.63, 3.8) is 0 Å². The lowest BCUT2D eigenvalue weighted by molar-refractivity contribution is -0.117. The van der Waals surface area contributed by atoms with E-state index < -0.39 is 33.9 Å². The molecule has 2 aliphatic heterocycles. The standard InChI is InChI=1S/C25H26N6O5S3/c26-10-16-3-5-17(6-4-16)15-38-25-19(11-27)23(28-31(25)24(34)22-2-1-9-37-22)20-13-30(14-21(20)33)39(35,36)29-8-7-18(32)12-29/h1-6,9,18,20,32H,7-8,10,12-15,26H2. The SMILES string of the molecule is N#Cc1c(C2CN(S(=O)(=O)N3CCC(O)C3)CC2=O)nn(C(=O)c2cccs2)c1SCc1ccc(CN)cc1. The van der Waals surface area contributed by atoms with Gasteiger partial charge in [-0.3, -0.25) is 9.59 Å². The fourth-order valence-corrected chi connectivity index (χ4v) is 7.95. The van der Waals surface area contributed by atoms with Crippen molar-refractivity contribution in [3.05, 3.63) is 69.0 Å². The number of Topliss-reactive ketones (excluding diaryl/α,β-unsaturated/α-hetero) is 1. The Bertz CT molecular complexity index is 1530. The van der Waals surface area contributed by atoms with Crippen molar-refractivity contribution in [2.75, 3.05) is 26.2 Å². The van der Waals surface area contributed by atoms with Crippen LogP contribution in [0, 0.1) is 11.3 Å². The summed E-state index contributed by atoms with van der Waals surface area (Å²) in [6.45, 7) is -0.0150. The van der Waals surface area contributed by atoms with Crippen molar-refractivity contribution in [1.82, 2.24) is 18.4 Å². The molecule has 2 atom stereocenters. The fourth-order valence-electron chi connectivity index (χ4n) is 4.62. The summed E-state index contributed by atoms with van der Waals surface area (Å²) in [6, 6.07) is 13.2. The van der Waals surface area contributed by atoms with E-state index >= 15 is 0 Å². The Hall–Kier alpha value is -2.90. The first kappa shape index (κ1) is 27.7. The predicted octanol–water partition coefficient (Wildman–Crippen LogP) is 1.54. The van der Waals surface area contributed by atoms with E-state index in [0.29, 0.717) is 28.6 Å². The van der Waals surface area contributed by atoms with Crippen LogP contribution >= 0.6 is 23.1 Å². The molecule has 2 fully saturated rings. The number of aromatic nitrogens is 2. The predicted molar refractivity (Wildman–Crippen MR) is 145 cm³/mol. The monoisotopic (exact) mass is 586 g/mol. The quantitative estimate of drug-likeness (QED) is 0.373. The van der Waals surface area contributed by atoms with Crippen LogP contribution in [0.5, 0.6) is 0 Å². The third-order valence-corrected chi connectivity index (χ3v) is 10.7. The van der Waals surface area contributed by atoms with E-state index in [1.807, 2.05) is 24.3 Å². The maximum absolute atomic E-state index is 13.4. The van der Waals surface area contributed by atoms with Gasteiger partial charge in [0.25, 0.3) is 16.1 Å². The van der Waals surface area contributed by atoms with Crippen LogP contribution in [-0.4, -0.2) is 75.9 Å². The van der Waals surface area contributed by atoms with Gasteiger partial charge in [0.15, 0.2) is 5.78 Å². The molecule has 0 aliphatic carbocycles. The molecule has 4 heterocycles. The summed E-state index contributed by atoms with van der Waals surface area (Å²) >= 11 is 2.48. The normalized spacial score (nSPS) is 20.5. The molecule has 2 aliphatic rings. The van der Waals surface area contributed by atoms with Crippen LogP contribution in [0.3, 0.4) is 0 Å². The summed E-state index contributed by atoms with van der Waals surface area (Å²) in [5, 5.41) is 26.5. The van der Waals surface area contributed by atoms with Gasteiger partial charge in [-0.1, -0.05) is 30.3 Å². The van der Waals surface area contributed by atoms with Gasteiger partial charge in [0.1, 0.15) is 16.7 Å². The van der Waals surface area contributed by atoms with E-state index in [4.69, 9.17) is 5.73 Å². The van der Waals surface area contributed by atoms with E-state index in [2.05, 4.69) is 11.2 Å². The number of thiophene rings is 1. The summed E-state index contributed by atoms with van der Waals surface area (Å²) in [7, 11) is -3.98. The molecule has 5 rings (SSSR count). The van der Waals surface area contributed by atoms with Gasteiger partial charge >= 0.3 is 0 Å². The van der Waals surface area contributed by atoms with Crippen LogP contribution in [0.15, 0.2) is 46.8 Å². The number of nitrogens with zero attached hydrogens (tertiary/aromatic N) is 5. The zero-order valence-corrected chi connectivity index (χ0v) is 23.2. The zero-order chi connectivity index (χ0) is 27.7. The van der Waals surface area contributed by atoms with E-state index in [-0.39, 0.29) is 37.4 Å². The minimum Gasteiger partial charge on any atom is -0.392 e. The topological polar surface area (TPSA) is 163 Å². The number of ketones is 1. The molecule has 2 unspecified atom stereocenters. The molecule has 3 aromatic rings. The second-order valence-corrected chi connectivity index (χ2v) is 13.1. The van der Waals surface area contributed by atoms with Crippen LogP contribution in [-0.2, 0) is 27.3 Å². The van der Waals surface area contributed by atoms with Crippen LogP contribution in [0.25, 0.3) is 0 Å². The van der Waals surface area contributed by atoms with Gasteiger partial charge in [0, 0.05) is 31.9 Å². The van der Waals surface area contributed by atoms with Gasteiger partial charge in [-0.25, -0.2) is 0 Å². The number of hydrogen-bond acceptors (Lipinski definition) is 10. The average Bonchev–Trinajstić information content (AvgIpc) is 3.73. The van der Waals surface area contributed by atoms with Crippen molar-refractivity contribution in [1.29, 1.82) is 5.26 Å². The molecule has 0 radical (unpaired) electrons. The maximum atomic E-state index is 13.4. The number of thioether (sulfide) groups is 1. The van der Waals surface area contributed by atoms with Crippen molar-refractivity contribution in [3.8, 4) is 6.07 Å². The van der Waals surface area contributed by atoms with Gasteiger partial charge in [-0.15, -0.1) is 23.1 Å². The second-order valence-electron chi connectivity index (χ2n) is 9.30. The van der Waals surface area contributed by atoms with Crippen LogP contribution in [0.2, 0.25) is 0 Å². The maximum Gasteiger partial charge on any atom is 0.289 e. The first-order valence-electron chi connectivity index (χ1n) is 12.2. The number of carbonyl (C=O) groups is 2. The molecule has 0 bridgehead atoms. The molecule has 0 spiro atoms. The first-order valence-corrected chi connectivity index (χ1v) is 15.5. The number of aliphatic hydroxyl groups excluding tert-OH is 1. The summed E-state index contributed by atoms with van der Waals surface area (Å²) in [4.78, 5) is 26.9. The van der Waals surface area contributed by atoms with Crippen molar-refractivity contribution < 1.29 is 23.1 Å². The van der Waals surface area contributed by atoms with Crippen LogP contribution in [0.1, 0.15) is 44.4 Å². The third-order valence-electron chi connectivity index (χ3n) is 6.76.